The van der Waals surface area contributed by atoms with Crippen molar-refractivity contribution in [2.45, 2.75) is 6.92 Å². The van der Waals surface area contributed by atoms with Gasteiger partial charge in [0.15, 0.2) is 18.2 Å². The number of benzene rings is 2. The number of hydrogen-bond acceptors (Lipinski definition) is 3. The largest absolute Gasteiger partial charge is 0.481 e. The topological polar surface area (TPSA) is 64.3 Å². The highest BCUT2D eigenvalue weighted by Crippen LogP contribution is 2.18. The predicted molar refractivity (Wildman–Crippen MR) is 76.1 cm³/mol. The second kappa shape index (κ2) is 6.06. The average Bonchev–Trinajstić information content (AvgIpc) is 2.42. The molecule has 2 aromatic carbocycles. The molecule has 0 spiro atoms. The lowest BCUT2D eigenvalue weighted by Gasteiger charge is -2.10. The second-order valence-corrected chi connectivity index (χ2v) is 4.34. The van der Waals surface area contributed by atoms with Crippen molar-refractivity contribution in [2.24, 2.45) is 0 Å². The van der Waals surface area contributed by atoms with Gasteiger partial charge in [0.2, 0.25) is 0 Å². The number of hydrogen-bond donors (Lipinski definition) is 2. The number of nitrogen functional groups attached to an aromatic ring is 1. The number of nitrogens with one attached hydrogen (secondary N) is 1. The van der Waals surface area contributed by atoms with Gasteiger partial charge in [-0.05, 0) is 36.8 Å². The number of carbonyl (C=O) groups is 1. The van der Waals surface area contributed by atoms with Crippen molar-refractivity contribution in [1.82, 2.24) is 0 Å². The highest BCUT2D eigenvalue weighted by atomic mass is 19.1. The van der Waals surface area contributed by atoms with Crippen molar-refractivity contribution >= 4 is 17.3 Å². The number of para-hydroxylation sites is 1. The second-order valence-electron chi connectivity index (χ2n) is 4.34. The lowest BCUT2D eigenvalue weighted by molar-refractivity contribution is -0.118. The van der Waals surface area contributed by atoms with E-state index in [1.165, 1.54) is 12.1 Å². The SMILES string of the molecule is Cc1ccc(N)cc1NC(=O)COc1ccccc1F. The Balaban J connectivity index is 1.96. The number of halogens is 1. The predicted octanol–water partition coefficient (Wildman–Crippen LogP) is 2.73. The van der Waals surface area contributed by atoms with Gasteiger partial charge in [-0.3, -0.25) is 4.79 Å². The van der Waals surface area contributed by atoms with Crippen molar-refractivity contribution in [3.05, 3.63) is 53.8 Å². The molecule has 2 aromatic rings. The summed E-state index contributed by atoms with van der Waals surface area (Å²) in [6.45, 7) is 1.59. The minimum absolute atomic E-state index is 0.0481. The van der Waals surface area contributed by atoms with E-state index in [2.05, 4.69) is 5.32 Å². The summed E-state index contributed by atoms with van der Waals surface area (Å²) < 4.78 is 18.4. The summed E-state index contributed by atoms with van der Waals surface area (Å²) in [6, 6.07) is 11.2. The minimum atomic E-state index is -0.500. The highest BCUT2D eigenvalue weighted by molar-refractivity contribution is 5.93. The zero-order valence-electron chi connectivity index (χ0n) is 11.0. The molecule has 0 aliphatic rings. The molecule has 0 unspecified atom stereocenters. The number of rotatable bonds is 4. The van der Waals surface area contributed by atoms with Gasteiger partial charge in [0.1, 0.15) is 0 Å². The zero-order chi connectivity index (χ0) is 14.5. The molecular formula is C15H15FN2O2. The number of nitrogens with two attached hydrogens (primary N) is 1. The molecule has 0 aliphatic heterocycles. The molecule has 0 bridgehead atoms. The Hall–Kier alpha value is -2.56. The fourth-order valence-corrected chi connectivity index (χ4v) is 1.67. The number of anilines is 2. The Morgan fingerprint density at radius 1 is 1.30 bits per heavy atom. The van der Waals surface area contributed by atoms with Crippen LogP contribution in [0.3, 0.4) is 0 Å². The van der Waals surface area contributed by atoms with Crippen LogP contribution in [0.5, 0.6) is 5.75 Å². The smallest absolute Gasteiger partial charge is 0.262 e. The zero-order valence-corrected chi connectivity index (χ0v) is 11.0. The Morgan fingerprint density at radius 2 is 2.05 bits per heavy atom. The van der Waals surface area contributed by atoms with E-state index in [0.29, 0.717) is 11.4 Å². The van der Waals surface area contributed by atoms with Gasteiger partial charge in [0.25, 0.3) is 5.91 Å². The maximum absolute atomic E-state index is 13.3. The van der Waals surface area contributed by atoms with Crippen LogP contribution in [0.25, 0.3) is 0 Å². The van der Waals surface area contributed by atoms with Crippen LogP contribution in [0.15, 0.2) is 42.5 Å². The normalized spacial score (nSPS) is 10.1. The quantitative estimate of drug-likeness (QED) is 0.842. The van der Waals surface area contributed by atoms with Crippen LogP contribution >= 0.6 is 0 Å². The van der Waals surface area contributed by atoms with Crippen molar-refractivity contribution < 1.29 is 13.9 Å². The molecule has 0 radical (unpaired) electrons. The molecule has 0 saturated carbocycles. The average molecular weight is 274 g/mol. The molecule has 104 valence electrons. The molecule has 0 aliphatic carbocycles. The summed E-state index contributed by atoms with van der Waals surface area (Å²) >= 11 is 0. The van der Waals surface area contributed by atoms with Crippen molar-refractivity contribution in [3.63, 3.8) is 0 Å². The van der Waals surface area contributed by atoms with E-state index in [1.807, 2.05) is 13.0 Å². The molecule has 0 atom stereocenters. The molecule has 1 amide bonds. The maximum atomic E-state index is 13.3. The molecule has 0 saturated heterocycles. The molecule has 5 heteroatoms. The first-order valence-corrected chi connectivity index (χ1v) is 6.09. The lowest BCUT2D eigenvalue weighted by Crippen LogP contribution is -2.21. The molecule has 3 N–H and O–H groups in total. The van der Waals surface area contributed by atoms with Gasteiger partial charge >= 0.3 is 0 Å². The molecule has 0 aromatic heterocycles. The van der Waals surface area contributed by atoms with E-state index in [1.54, 1.807) is 24.3 Å². The molecule has 4 nitrogen and oxygen atoms in total. The van der Waals surface area contributed by atoms with E-state index in [9.17, 15) is 9.18 Å². The van der Waals surface area contributed by atoms with Crippen LogP contribution in [0.2, 0.25) is 0 Å². The number of amides is 1. The number of carbonyl (C=O) groups excluding carboxylic acids is 1. The Bertz CT molecular complexity index is 629. The van der Waals surface area contributed by atoms with E-state index >= 15 is 0 Å². The number of aryl methyl sites for hydroxylation is 1. The van der Waals surface area contributed by atoms with E-state index in [4.69, 9.17) is 10.5 Å². The summed E-state index contributed by atoms with van der Waals surface area (Å²) in [7, 11) is 0. The Kier molecular flexibility index (Phi) is 4.20. The third-order valence-electron chi connectivity index (χ3n) is 2.73. The summed E-state index contributed by atoms with van der Waals surface area (Å²) in [5.41, 5.74) is 7.72. The maximum Gasteiger partial charge on any atom is 0.262 e. The summed E-state index contributed by atoms with van der Waals surface area (Å²) in [5.74, 6) is -0.825. The van der Waals surface area contributed by atoms with Gasteiger partial charge < -0.3 is 15.8 Å². The molecular weight excluding hydrogens is 259 g/mol. The summed E-state index contributed by atoms with van der Waals surface area (Å²) in [4.78, 5) is 11.8. The molecule has 2 rings (SSSR count). The van der Waals surface area contributed by atoms with Crippen molar-refractivity contribution in [2.75, 3.05) is 17.7 Å². The van der Waals surface area contributed by atoms with Gasteiger partial charge in [0.05, 0.1) is 0 Å². The van der Waals surface area contributed by atoms with E-state index < -0.39 is 5.82 Å². The highest BCUT2D eigenvalue weighted by Gasteiger charge is 2.08. The molecule has 0 fully saturated rings. The Morgan fingerprint density at radius 3 is 2.80 bits per heavy atom. The monoisotopic (exact) mass is 274 g/mol. The van der Waals surface area contributed by atoms with Crippen LogP contribution in [0.4, 0.5) is 15.8 Å². The van der Waals surface area contributed by atoms with Crippen LogP contribution in [-0.2, 0) is 4.79 Å². The van der Waals surface area contributed by atoms with Gasteiger partial charge in [-0.15, -0.1) is 0 Å². The standard InChI is InChI=1S/C15H15FN2O2/c1-10-6-7-11(17)8-13(10)18-15(19)9-20-14-5-3-2-4-12(14)16/h2-8H,9,17H2,1H3,(H,18,19). The van der Waals surface area contributed by atoms with Crippen LogP contribution in [-0.4, -0.2) is 12.5 Å². The number of ether oxygens (including phenoxy) is 1. The van der Waals surface area contributed by atoms with E-state index in [-0.39, 0.29) is 18.3 Å². The van der Waals surface area contributed by atoms with E-state index in [0.717, 1.165) is 5.56 Å². The summed E-state index contributed by atoms with van der Waals surface area (Å²) in [6.07, 6.45) is 0. The van der Waals surface area contributed by atoms with Crippen LogP contribution in [0, 0.1) is 12.7 Å². The van der Waals surface area contributed by atoms with Crippen molar-refractivity contribution in [3.8, 4) is 5.75 Å². The first-order valence-electron chi connectivity index (χ1n) is 6.09. The van der Waals surface area contributed by atoms with Crippen LogP contribution < -0.4 is 15.8 Å². The van der Waals surface area contributed by atoms with Crippen molar-refractivity contribution in [1.29, 1.82) is 0 Å². The van der Waals surface area contributed by atoms with Gasteiger partial charge in [0, 0.05) is 11.4 Å². The fraction of sp³-hybridized carbons (Fsp3) is 0.133. The summed E-state index contributed by atoms with van der Waals surface area (Å²) in [5, 5.41) is 2.67. The Labute approximate surface area is 116 Å². The van der Waals surface area contributed by atoms with Gasteiger partial charge in [-0.1, -0.05) is 18.2 Å². The fourth-order valence-electron chi connectivity index (χ4n) is 1.67. The van der Waals surface area contributed by atoms with Gasteiger partial charge in [-0.2, -0.15) is 0 Å². The van der Waals surface area contributed by atoms with Gasteiger partial charge in [-0.25, -0.2) is 4.39 Å². The van der Waals surface area contributed by atoms with Crippen LogP contribution in [0.1, 0.15) is 5.56 Å². The molecule has 20 heavy (non-hydrogen) atoms. The molecule has 0 heterocycles. The lowest BCUT2D eigenvalue weighted by atomic mass is 10.2. The third-order valence-corrected chi connectivity index (χ3v) is 2.73. The first-order chi connectivity index (χ1) is 9.56. The first kappa shape index (κ1) is 13.9. The minimum Gasteiger partial charge on any atom is -0.481 e. The third kappa shape index (κ3) is 3.47.